The summed E-state index contributed by atoms with van der Waals surface area (Å²) in [5.74, 6) is 0.115. The van der Waals surface area contributed by atoms with Crippen LogP contribution in [0.1, 0.15) is 20.3 Å². The van der Waals surface area contributed by atoms with Crippen LogP contribution in [0.4, 0.5) is 5.13 Å². The van der Waals surface area contributed by atoms with E-state index in [-0.39, 0.29) is 18.3 Å². The Labute approximate surface area is 144 Å². The highest BCUT2D eigenvalue weighted by molar-refractivity contribution is 7.18. The van der Waals surface area contributed by atoms with Crippen molar-refractivity contribution in [3.63, 3.8) is 0 Å². The van der Waals surface area contributed by atoms with Crippen molar-refractivity contribution in [1.82, 2.24) is 10.2 Å². The van der Waals surface area contributed by atoms with E-state index in [9.17, 15) is 4.79 Å². The van der Waals surface area contributed by atoms with E-state index in [1.165, 1.54) is 11.3 Å². The van der Waals surface area contributed by atoms with Gasteiger partial charge in [0.1, 0.15) is 0 Å². The smallest absolute Gasteiger partial charge is 0.243 e. The van der Waals surface area contributed by atoms with Crippen molar-refractivity contribution in [3.05, 3.63) is 29.3 Å². The van der Waals surface area contributed by atoms with Gasteiger partial charge in [-0.2, -0.15) is 0 Å². The van der Waals surface area contributed by atoms with Gasteiger partial charge in [-0.3, -0.25) is 10.1 Å². The molecule has 1 aromatic heterocycles. The first-order chi connectivity index (χ1) is 9.97. The average molecular weight is 361 g/mol. The Bertz CT molecular complexity index is 633. The van der Waals surface area contributed by atoms with Gasteiger partial charge in [0.15, 0.2) is 5.01 Å². The highest BCUT2D eigenvalue weighted by Gasteiger charge is 2.17. The lowest BCUT2D eigenvalue weighted by molar-refractivity contribution is -0.117. The van der Waals surface area contributed by atoms with Crippen molar-refractivity contribution < 1.29 is 4.79 Å². The molecule has 0 aliphatic rings. The first-order valence-corrected chi connectivity index (χ1v) is 7.81. The van der Waals surface area contributed by atoms with Crippen LogP contribution in [0, 0.1) is 5.92 Å². The van der Waals surface area contributed by atoms with Crippen molar-refractivity contribution >= 4 is 46.4 Å². The number of aromatic nitrogens is 2. The fourth-order valence-corrected chi connectivity index (χ4v) is 2.90. The van der Waals surface area contributed by atoms with Gasteiger partial charge in [-0.25, -0.2) is 0 Å². The summed E-state index contributed by atoms with van der Waals surface area (Å²) in [5, 5.41) is 12.4. The van der Waals surface area contributed by atoms with Crippen LogP contribution in [-0.2, 0) is 4.79 Å². The third kappa shape index (κ3) is 4.91. The topological polar surface area (TPSA) is 80.9 Å². The van der Waals surface area contributed by atoms with Gasteiger partial charge in [0.2, 0.25) is 11.0 Å². The SMILES string of the molecule is CC(C)C[C@H](N)C(=O)Nc1nnc(-c2ccccc2Cl)s1.Cl. The van der Waals surface area contributed by atoms with Gasteiger partial charge in [0.25, 0.3) is 0 Å². The molecule has 0 unspecified atom stereocenters. The molecule has 0 saturated heterocycles. The number of hydrogen-bond acceptors (Lipinski definition) is 5. The van der Waals surface area contributed by atoms with Crippen molar-refractivity contribution in [2.24, 2.45) is 11.7 Å². The maximum atomic E-state index is 11.9. The van der Waals surface area contributed by atoms with Gasteiger partial charge in [0.05, 0.1) is 11.1 Å². The van der Waals surface area contributed by atoms with E-state index in [0.29, 0.717) is 27.5 Å². The summed E-state index contributed by atoms with van der Waals surface area (Å²) < 4.78 is 0. The molecule has 2 aromatic rings. The predicted molar refractivity (Wildman–Crippen MR) is 93.7 cm³/mol. The molecular formula is C14H18Cl2N4OS. The van der Waals surface area contributed by atoms with E-state index in [1.807, 2.05) is 32.0 Å². The van der Waals surface area contributed by atoms with Crippen LogP contribution in [0.3, 0.4) is 0 Å². The Morgan fingerprint density at radius 1 is 1.36 bits per heavy atom. The Kier molecular flexibility index (Phi) is 7.22. The molecule has 1 aromatic carbocycles. The van der Waals surface area contributed by atoms with Crippen LogP contribution < -0.4 is 11.1 Å². The van der Waals surface area contributed by atoms with E-state index in [2.05, 4.69) is 15.5 Å². The second-order valence-electron chi connectivity index (χ2n) is 5.12. The number of carbonyl (C=O) groups excluding carboxylic acids is 1. The Morgan fingerprint density at radius 2 is 2.05 bits per heavy atom. The first kappa shape index (κ1) is 18.8. The molecule has 0 aliphatic carbocycles. The normalized spacial score (nSPS) is 11.9. The lowest BCUT2D eigenvalue weighted by atomic mass is 10.0. The summed E-state index contributed by atoms with van der Waals surface area (Å²) in [5.41, 5.74) is 6.63. The number of nitrogens with one attached hydrogen (secondary N) is 1. The molecule has 0 radical (unpaired) electrons. The zero-order chi connectivity index (χ0) is 15.4. The lowest BCUT2D eigenvalue weighted by Crippen LogP contribution is -2.36. The Balaban J connectivity index is 0.00000242. The van der Waals surface area contributed by atoms with Crippen LogP contribution in [0.25, 0.3) is 10.6 Å². The highest BCUT2D eigenvalue weighted by Crippen LogP contribution is 2.31. The van der Waals surface area contributed by atoms with Crippen LogP contribution in [-0.4, -0.2) is 22.1 Å². The minimum absolute atomic E-state index is 0. The Hall–Kier alpha value is -1.21. The summed E-state index contributed by atoms with van der Waals surface area (Å²) in [6.45, 7) is 4.04. The van der Waals surface area contributed by atoms with Gasteiger partial charge < -0.3 is 5.73 Å². The number of halogens is 2. The van der Waals surface area contributed by atoms with Crippen molar-refractivity contribution in [1.29, 1.82) is 0 Å². The zero-order valence-electron chi connectivity index (χ0n) is 12.2. The molecule has 120 valence electrons. The molecule has 0 bridgehead atoms. The number of carbonyl (C=O) groups is 1. The number of rotatable bonds is 5. The molecule has 1 heterocycles. The number of anilines is 1. The fraction of sp³-hybridized carbons (Fsp3) is 0.357. The maximum absolute atomic E-state index is 11.9. The van der Waals surface area contributed by atoms with E-state index >= 15 is 0 Å². The minimum atomic E-state index is -0.544. The Morgan fingerprint density at radius 3 is 2.68 bits per heavy atom. The van der Waals surface area contributed by atoms with Crippen LogP contribution >= 0.6 is 35.3 Å². The van der Waals surface area contributed by atoms with Crippen LogP contribution in [0.5, 0.6) is 0 Å². The summed E-state index contributed by atoms with van der Waals surface area (Å²) >= 11 is 7.38. The summed E-state index contributed by atoms with van der Waals surface area (Å²) in [6.07, 6.45) is 0.627. The predicted octanol–water partition coefficient (Wildman–Crippen LogP) is 3.59. The van der Waals surface area contributed by atoms with Crippen molar-refractivity contribution in [3.8, 4) is 10.6 Å². The summed E-state index contributed by atoms with van der Waals surface area (Å²) in [7, 11) is 0. The summed E-state index contributed by atoms with van der Waals surface area (Å²) in [4.78, 5) is 11.9. The monoisotopic (exact) mass is 360 g/mol. The van der Waals surface area contributed by atoms with Gasteiger partial charge in [-0.05, 0) is 18.4 Å². The molecule has 2 rings (SSSR count). The number of hydrogen-bond donors (Lipinski definition) is 2. The number of nitrogens with two attached hydrogens (primary N) is 1. The molecule has 0 saturated carbocycles. The van der Waals surface area contributed by atoms with Crippen molar-refractivity contribution in [2.75, 3.05) is 5.32 Å². The molecule has 8 heteroatoms. The molecule has 0 spiro atoms. The molecule has 3 N–H and O–H groups in total. The minimum Gasteiger partial charge on any atom is -0.320 e. The van der Waals surface area contributed by atoms with Crippen molar-refractivity contribution in [2.45, 2.75) is 26.3 Å². The van der Waals surface area contributed by atoms with Gasteiger partial charge >= 0.3 is 0 Å². The third-order valence-electron chi connectivity index (χ3n) is 2.82. The molecule has 22 heavy (non-hydrogen) atoms. The van der Waals surface area contributed by atoms with Crippen LogP contribution in [0.2, 0.25) is 5.02 Å². The second-order valence-corrected chi connectivity index (χ2v) is 6.50. The largest absolute Gasteiger partial charge is 0.320 e. The van der Waals surface area contributed by atoms with E-state index in [4.69, 9.17) is 17.3 Å². The van der Waals surface area contributed by atoms with Gasteiger partial charge in [0, 0.05) is 5.56 Å². The standard InChI is InChI=1S/C14H17ClN4OS.ClH/c1-8(2)7-11(16)12(20)17-14-19-18-13(21-14)9-5-3-4-6-10(9)15;/h3-6,8,11H,7,16H2,1-2H3,(H,17,19,20);1H/t11-;/m0./s1. The molecule has 1 atom stereocenters. The van der Waals surface area contributed by atoms with Crippen LogP contribution in [0.15, 0.2) is 24.3 Å². The lowest BCUT2D eigenvalue weighted by Gasteiger charge is -2.12. The first-order valence-electron chi connectivity index (χ1n) is 6.62. The molecule has 5 nitrogen and oxygen atoms in total. The molecule has 0 fully saturated rings. The van der Waals surface area contributed by atoms with E-state index in [0.717, 1.165) is 5.56 Å². The van der Waals surface area contributed by atoms with E-state index in [1.54, 1.807) is 6.07 Å². The maximum Gasteiger partial charge on any atom is 0.243 e. The quantitative estimate of drug-likeness (QED) is 0.853. The molecule has 0 aliphatic heterocycles. The average Bonchev–Trinajstić information content (AvgIpc) is 2.86. The zero-order valence-corrected chi connectivity index (χ0v) is 14.6. The molecular weight excluding hydrogens is 343 g/mol. The van der Waals surface area contributed by atoms with Gasteiger partial charge in [-0.15, -0.1) is 22.6 Å². The second kappa shape index (κ2) is 8.43. The highest BCUT2D eigenvalue weighted by atomic mass is 35.5. The third-order valence-corrected chi connectivity index (χ3v) is 4.02. The summed E-state index contributed by atoms with van der Waals surface area (Å²) in [6, 6.07) is 6.83. The number of amides is 1. The number of nitrogens with zero attached hydrogens (tertiary/aromatic N) is 2. The fourth-order valence-electron chi connectivity index (χ4n) is 1.83. The molecule has 1 amide bonds. The van der Waals surface area contributed by atoms with Gasteiger partial charge in [-0.1, -0.05) is 55.0 Å². The van der Waals surface area contributed by atoms with E-state index < -0.39 is 6.04 Å². The number of benzene rings is 1.